The third-order valence-electron chi connectivity index (χ3n) is 4.32. The van der Waals surface area contributed by atoms with Crippen LogP contribution in [0.15, 0.2) is 30.3 Å². The first-order chi connectivity index (χ1) is 10.2. The van der Waals surface area contributed by atoms with Crippen molar-refractivity contribution in [2.24, 2.45) is 11.1 Å². The number of benzene rings is 1. The summed E-state index contributed by atoms with van der Waals surface area (Å²) in [6.45, 7) is 1.64. The standard InChI is InChI=1S/C17H26N2O2/c18-14-17(9-5-2-6-10-17)13-16(20)19-11-12-21-15-7-3-1-4-8-15/h1,3-4,7-8H,2,5-6,9-14,18H2,(H,19,20). The van der Waals surface area contributed by atoms with E-state index in [2.05, 4.69) is 5.32 Å². The fraction of sp³-hybridized carbons (Fsp3) is 0.588. The molecule has 2 rings (SSSR count). The summed E-state index contributed by atoms with van der Waals surface area (Å²) in [6, 6.07) is 9.63. The van der Waals surface area contributed by atoms with E-state index in [1.807, 2.05) is 30.3 Å². The molecular weight excluding hydrogens is 264 g/mol. The molecule has 3 N–H and O–H groups in total. The van der Waals surface area contributed by atoms with E-state index in [0.29, 0.717) is 26.1 Å². The van der Waals surface area contributed by atoms with E-state index >= 15 is 0 Å². The van der Waals surface area contributed by atoms with Crippen molar-refractivity contribution in [1.82, 2.24) is 5.32 Å². The molecule has 116 valence electrons. The number of carbonyl (C=O) groups is 1. The molecule has 0 heterocycles. The van der Waals surface area contributed by atoms with Crippen molar-refractivity contribution < 1.29 is 9.53 Å². The van der Waals surface area contributed by atoms with Crippen LogP contribution in [-0.4, -0.2) is 25.6 Å². The third kappa shape index (κ3) is 5.05. The van der Waals surface area contributed by atoms with Crippen LogP contribution < -0.4 is 15.8 Å². The molecule has 0 unspecified atom stereocenters. The number of ether oxygens (including phenoxy) is 1. The van der Waals surface area contributed by atoms with Gasteiger partial charge in [-0.25, -0.2) is 0 Å². The monoisotopic (exact) mass is 290 g/mol. The van der Waals surface area contributed by atoms with Gasteiger partial charge in [0.2, 0.25) is 5.91 Å². The Morgan fingerprint density at radius 2 is 1.90 bits per heavy atom. The van der Waals surface area contributed by atoms with Crippen LogP contribution in [0.25, 0.3) is 0 Å². The van der Waals surface area contributed by atoms with Crippen LogP contribution >= 0.6 is 0 Å². The number of carbonyl (C=O) groups excluding carboxylic acids is 1. The zero-order valence-corrected chi connectivity index (χ0v) is 12.6. The molecular formula is C17H26N2O2. The predicted molar refractivity (Wildman–Crippen MR) is 84.1 cm³/mol. The number of nitrogens with one attached hydrogen (secondary N) is 1. The molecule has 0 aliphatic heterocycles. The van der Waals surface area contributed by atoms with Gasteiger partial charge >= 0.3 is 0 Å². The van der Waals surface area contributed by atoms with Crippen LogP contribution in [0.5, 0.6) is 5.75 Å². The number of para-hydroxylation sites is 1. The van der Waals surface area contributed by atoms with Crippen LogP contribution in [-0.2, 0) is 4.79 Å². The maximum Gasteiger partial charge on any atom is 0.220 e. The van der Waals surface area contributed by atoms with Crippen LogP contribution in [0.3, 0.4) is 0 Å². The molecule has 0 spiro atoms. The van der Waals surface area contributed by atoms with Gasteiger partial charge in [0.1, 0.15) is 12.4 Å². The van der Waals surface area contributed by atoms with Crippen molar-refractivity contribution in [2.45, 2.75) is 38.5 Å². The Balaban J connectivity index is 1.67. The maximum absolute atomic E-state index is 12.1. The van der Waals surface area contributed by atoms with Crippen molar-refractivity contribution in [3.63, 3.8) is 0 Å². The number of hydrogen-bond donors (Lipinski definition) is 2. The fourth-order valence-corrected chi connectivity index (χ4v) is 3.03. The zero-order valence-electron chi connectivity index (χ0n) is 12.6. The van der Waals surface area contributed by atoms with E-state index < -0.39 is 0 Å². The van der Waals surface area contributed by atoms with E-state index in [4.69, 9.17) is 10.5 Å². The molecule has 0 aromatic heterocycles. The first-order valence-electron chi connectivity index (χ1n) is 7.89. The van der Waals surface area contributed by atoms with Gasteiger partial charge in [-0.2, -0.15) is 0 Å². The van der Waals surface area contributed by atoms with Crippen molar-refractivity contribution in [1.29, 1.82) is 0 Å². The van der Waals surface area contributed by atoms with Crippen molar-refractivity contribution in [3.8, 4) is 5.75 Å². The summed E-state index contributed by atoms with van der Waals surface area (Å²) in [7, 11) is 0. The van der Waals surface area contributed by atoms with E-state index in [-0.39, 0.29) is 11.3 Å². The topological polar surface area (TPSA) is 64.4 Å². The van der Waals surface area contributed by atoms with Crippen LogP contribution in [0.2, 0.25) is 0 Å². The van der Waals surface area contributed by atoms with Gasteiger partial charge < -0.3 is 15.8 Å². The molecule has 0 bridgehead atoms. The Morgan fingerprint density at radius 3 is 2.57 bits per heavy atom. The molecule has 1 aromatic rings. The van der Waals surface area contributed by atoms with Gasteiger partial charge in [0, 0.05) is 6.42 Å². The van der Waals surface area contributed by atoms with E-state index in [9.17, 15) is 4.79 Å². The van der Waals surface area contributed by atoms with Gasteiger partial charge in [-0.05, 0) is 36.9 Å². The first kappa shape index (κ1) is 15.8. The molecule has 0 saturated heterocycles. The van der Waals surface area contributed by atoms with Crippen molar-refractivity contribution in [2.75, 3.05) is 19.7 Å². The number of nitrogens with two attached hydrogens (primary N) is 1. The van der Waals surface area contributed by atoms with Gasteiger partial charge in [-0.1, -0.05) is 37.5 Å². The van der Waals surface area contributed by atoms with Gasteiger partial charge in [-0.15, -0.1) is 0 Å². The van der Waals surface area contributed by atoms with E-state index in [1.165, 1.54) is 19.3 Å². The maximum atomic E-state index is 12.1. The minimum Gasteiger partial charge on any atom is -0.492 e. The Kier molecular flexibility index (Phi) is 6.05. The number of rotatable bonds is 7. The second-order valence-corrected chi connectivity index (χ2v) is 5.95. The zero-order chi connectivity index (χ0) is 15.0. The molecule has 4 nitrogen and oxygen atoms in total. The average molecular weight is 290 g/mol. The molecule has 4 heteroatoms. The lowest BCUT2D eigenvalue weighted by molar-refractivity contribution is -0.124. The molecule has 1 saturated carbocycles. The lowest BCUT2D eigenvalue weighted by Gasteiger charge is -2.35. The molecule has 1 fully saturated rings. The summed E-state index contributed by atoms with van der Waals surface area (Å²) in [5, 5.41) is 2.94. The smallest absolute Gasteiger partial charge is 0.220 e. The normalized spacial score (nSPS) is 17.2. The van der Waals surface area contributed by atoms with Gasteiger partial charge in [-0.3, -0.25) is 4.79 Å². The summed E-state index contributed by atoms with van der Waals surface area (Å²) in [4.78, 5) is 12.1. The Morgan fingerprint density at radius 1 is 1.19 bits per heavy atom. The molecule has 1 aromatic carbocycles. The highest BCUT2D eigenvalue weighted by molar-refractivity contribution is 5.76. The summed E-state index contributed by atoms with van der Waals surface area (Å²) >= 11 is 0. The molecule has 1 amide bonds. The summed E-state index contributed by atoms with van der Waals surface area (Å²) in [6.07, 6.45) is 6.38. The number of amides is 1. The molecule has 21 heavy (non-hydrogen) atoms. The van der Waals surface area contributed by atoms with Crippen LogP contribution in [0.1, 0.15) is 38.5 Å². The first-order valence-corrected chi connectivity index (χ1v) is 7.89. The molecule has 0 radical (unpaired) electrons. The largest absolute Gasteiger partial charge is 0.492 e. The van der Waals surface area contributed by atoms with E-state index in [0.717, 1.165) is 18.6 Å². The second-order valence-electron chi connectivity index (χ2n) is 5.95. The van der Waals surface area contributed by atoms with Crippen molar-refractivity contribution >= 4 is 5.91 Å². The highest BCUT2D eigenvalue weighted by Crippen LogP contribution is 2.38. The lowest BCUT2D eigenvalue weighted by atomic mass is 9.72. The summed E-state index contributed by atoms with van der Waals surface area (Å²) in [5.74, 6) is 0.927. The minimum absolute atomic E-state index is 0.0304. The molecule has 1 aliphatic rings. The van der Waals surface area contributed by atoms with Crippen molar-refractivity contribution in [3.05, 3.63) is 30.3 Å². The molecule has 0 atom stereocenters. The van der Waals surface area contributed by atoms with Gasteiger partial charge in [0.15, 0.2) is 0 Å². The average Bonchev–Trinajstić information content (AvgIpc) is 2.53. The Bertz CT molecular complexity index is 428. The van der Waals surface area contributed by atoms with Crippen LogP contribution in [0, 0.1) is 5.41 Å². The van der Waals surface area contributed by atoms with Gasteiger partial charge in [0.25, 0.3) is 0 Å². The quantitative estimate of drug-likeness (QED) is 0.758. The highest BCUT2D eigenvalue weighted by Gasteiger charge is 2.32. The second kappa shape index (κ2) is 8.03. The van der Waals surface area contributed by atoms with Crippen LogP contribution in [0.4, 0.5) is 0 Å². The van der Waals surface area contributed by atoms with Gasteiger partial charge in [0.05, 0.1) is 6.54 Å². The summed E-state index contributed by atoms with van der Waals surface area (Å²) < 4.78 is 5.56. The predicted octanol–water partition coefficient (Wildman–Crippen LogP) is 2.48. The minimum atomic E-state index is 0.0304. The Hall–Kier alpha value is -1.55. The lowest BCUT2D eigenvalue weighted by Crippen LogP contribution is -2.39. The Labute approximate surface area is 127 Å². The highest BCUT2D eigenvalue weighted by atomic mass is 16.5. The van der Waals surface area contributed by atoms with E-state index in [1.54, 1.807) is 0 Å². The molecule has 1 aliphatic carbocycles. The fourth-order valence-electron chi connectivity index (χ4n) is 3.03. The SMILES string of the molecule is NCC1(CC(=O)NCCOc2ccccc2)CCCCC1. The summed E-state index contributed by atoms with van der Waals surface area (Å²) in [5.41, 5.74) is 5.94. The third-order valence-corrected chi connectivity index (χ3v) is 4.32. The number of hydrogen-bond acceptors (Lipinski definition) is 3.